The number of rotatable bonds is 8. The lowest BCUT2D eigenvalue weighted by molar-refractivity contribution is -0.127. The molecule has 0 aliphatic carbocycles. The molecule has 3 aromatic rings. The van der Waals surface area contributed by atoms with Gasteiger partial charge in [-0.3, -0.25) is 9.89 Å². The second kappa shape index (κ2) is 9.96. The average molecular weight is 455 g/mol. The zero-order valence-electron chi connectivity index (χ0n) is 15.4. The number of aromatic amines is 1. The van der Waals surface area contributed by atoms with E-state index in [4.69, 9.17) is 27.9 Å². The van der Waals surface area contributed by atoms with Gasteiger partial charge in [-0.25, -0.2) is 9.37 Å². The number of hydrogen-bond acceptors (Lipinski definition) is 5. The van der Waals surface area contributed by atoms with Crippen molar-refractivity contribution >= 4 is 40.9 Å². The summed E-state index contributed by atoms with van der Waals surface area (Å²) in [7, 11) is 1.59. The van der Waals surface area contributed by atoms with Gasteiger partial charge in [0.05, 0.1) is 5.75 Å². The Morgan fingerprint density at radius 3 is 2.72 bits per heavy atom. The van der Waals surface area contributed by atoms with Crippen LogP contribution in [0.15, 0.2) is 47.6 Å². The minimum atomic E-state index is -0.441. The first-order chi connectivity index (χ1) is 13.9. The third-order valence-corrected chi connectivity index (χ3v) is 5.35. The Kier molecular flexibility index (Phi) is 7.35. The van der Waals surface area contributed by atoms with Gasteiger partial charge in [-0.2, -0.15) is 0 Å². The smallest absolute Gasteiger partial charge is 0.233 e. The molecular weight excluding hydrogens is 438 g/mol. The summed E-state index contributed by atoms with van der Waals surface area (Å²) in [4.78, 5) is 18.0. The van der Waals surface area contributed by atoms with Gasteiger partial charge in [-0.15, -0.1) is 5.10 Å². The van der Waals surface area contributed by atoms with E-state index < -0.39 is 5.82 Å². The fraction of sp³-hybridized carbons (Fsp3) is 0.211. The van der Waals surface area contributed by atoms with Gasteiger partial charge in [-0.05, 0) is 36.4 Å². The van der Waals surface area contributed by atoms with Gasteiger partial charge in [-0.1, -0.05) is 41.0 Å². The molecule has 0 saturated heterocycles. The van der Waals surface area contributed by atoms with Crippen molar-refractivity contribution in [2.24, 2.45) is 0 Å². The Bertz CT molecular complexity index is 964. The Morgan fingerprint density at radius 2 is 2.00 bits per heavy atom. The Morgan fingerprint density at radius 1 is 1.24 bits per heavy atom. The van der Waals surface area contributed by atoms with Crippen LogP contribution >= 0.6 is 35.0 Å². The molecule has 3 rings (SSSR count). The monoisotopic (exact) mass is 454 g/mol. The molecule has 0 aliphatic rings. The number of carbonyl (C=O) groups excluding carboxylic acids is 1. The molecule has 0 radical (unpaired) electrons. The Labute approximate surface area is 181 Å². The largest absolute Gasteiger partial charge is 0.486 e. The summed E-state index contributed by atoms with van der Waals surface area (Å²) in [6, 6.07) is 11.4. The lowest BCUT2D eigenvalue weighted by atomic mass is 10.2. The molecular formula is C19H17Cl2FN4O2S. The van der Waals surface area contributed by atoms with Crippen LogP contribution in [-0.4, -0.2) is 38.8 Å². The molecule has 1 aromatic heterocycles. The van der Waals surface area contributed by atoms with E-state index in [9.17, 15) is 9.18 Å². The highest BCUT2D eigenvalue weighted by molar-refractivity contribution is 7.99. The molecule has 29 heavy (non-hydrogen) atoms. The van der Waals surface area contributed by atoms with E-state index in [-0.39, 0.29) is 35.4 Å². The van der Waals surface area contributed by atoms with Crippen molar-refractivity contribution in [3.8, 4) is 5.75 Å². The van der Waals surface area contributed by atoms with E-state index in [0.717, 1.165) is 0 Å². The number of ether oxygens (including phenoxy) is 1. The van der Waals surface area contributed by atoms with Gasteiger partial charge < -0.3 is 9.64 Å². The summed E-state index contributed by atoms with van der Waals surface area (Å²) < 4.78 is 19.5. The third-order valence-electron chi connectivity index (χ3n) is 3.91. The van der Waals surface area contributed by atoms with E-state index in [2.05, 4.69) is 15.2 Å². The Hall–Kier alpha value is -2.29. The molecule has 0 saturated carbocycles. The van der Waals surface area contributed by atoms with E-state index in [1.165, 1.54) is 28.8 Å². The fourth-order valence-corrected chi connectivity index (χ4v) is 3.44. The van der Waals surface area contributed by atoms with Gasteiger partial charge in [0, 0.05) is 29.2 Å². The maximum Gasteiger partial charge on any atom is 0.233 e. The van der Waals surface area contributed by atoms with Crippen LogP contribution < -0.4 is 4.74 Å². The topological polar surface area (TPSA) is 71.1 Å². The van der Waals surface area contributed by atoms with Crippen molar-refractivity contribution in [3.63, 3.8) is 0 Å². The molecule has 0 bridgehead atoms. The van der Waals surface area contributed by atoms with Crippen molar-refractivity contribution in [1.82, 2.24) is 20.1 Å². The first-order valence-corrected chi connectivity index (χ1v) is 10.3. The maximum absolute atomic E-state index is 13.9. The van der Waals surface area contributed by atoms with E-state index in [1.54, 1.807) is 37.4 Å². The predicted molar refractivity (Wildman–Crippen MR) is 111 cm³/mol. The molecule has 1 N–H and O–H groups in total. The van der Waals surface area contributed by atoms with Crippen LogP contribution in [-0.2, 0) is 17.9 Å². The highest BCUT2D eigenvalue weighted by atomic mass is 35.5. The third kappa shape index (κ3) is 6.09. The summed E-state index contributed by atoms with van der Waals surface area (Å²) in [6.45, 7) is 0.286. The highest BCUT2D eigenvalue weighted by Crippen LogP contribution is 2.21. The first-order valence-electron chi connectivity index (χ1n) is 8.51. The molecule has 0 spiro atoms. The maximum atomic E-state index is 13.9. The number of aromatic nitrogens is 3. The number of nitrogens with zero attached hydrogens (tertiary/aromatic N) is 3. The number of hydrogen-bond donors (Lipinski definition) is 1. The number of benzene rings is 2. The number of halogens is 3. The normalized spacial score (nSPS) is 10.8. The van der Waals surface area contributed by atoms with Crippen LogP contribution in [0.25, 0.3) is 0 Å². The van der Waals surface area contributed by atoms with E-state index >= 15 is 0 Å². The van der Waals surface area contributed by atoms with Crippen molar-refractivity contribution in [2.75, 3.05) is 12.8 Å². The minimum Gasteiger partial charge on any atom is -0.486 e. The average Bonchev–Trinajstić information content (AvgIpc) is 3.16. The van der Waals surface area contributed by atoms with Crippen LogP contribution in [0.1, 0.15) is 11.4 Å². The van der Waals surface area contributed by atoms with Crippen molar-refractivity contribution in [1.29, 1.82) is 0 Å². The number of amides is 1. The summed E-state index contributed by atoms with van der Waals surface area (Å²) >= 11 is 13.0. The number of thioether (sulfide) groups is 1. The standard InChI is InChI=1S/C19H17Cl2FN4O2S/c1-26(9-14-15(21)3-2-4-16(14)22)18(27)11-29-19-23-17(24-25-19)10-28-13-7-5-12(20)6-8-13/h2-8H,9-11H2,1H3,(H,23,24,25). The van der Waals surface area contributed by atoms with Gasteiger partial charge >= 0.3 is 0 Å². The SMILES string of the molecule is CN(Cc1c(F)cccc1Cl)C(=O)CSc1n[nH]c(COc2ccc(Cl)cc2)n1. The zero-order chi connectivity index (χ0) is 20.8. The molecule has 0 atom stereocenters. The zero-order valence-corrected chi connectivity index (χ0v) is 17.7. The predicted octanol–water partition coefficient (Wildman–Crippen LogP) is 4.58. The number of carbonyl (C=O) groups is 1. The molecule has 1 heterocycles. The van der Waals surface area contributed by atoms with Gasteiger partial charge in [0.2, 0.25) is 11.1 Å². The first kappa shape index (κ1) is 21.4. The summed E-state index contributed by atoms with van der Waals surface area (Å²) in [6.07, 6.45) is 0. The van der Waals surface area contributed by atoms with Crippen molar-refractivity contribution in [2.45, 2.75) is 18.3 Å². The number of nitrogens with one attached hydrogen (secondary N) is 1. The molecule has 10 heteroatoms. The second-order valence-electron chi connectivity index (χ2n) is 6.05. The fourth-order valence-electron chi connectivity index (χ4n) is 2.33. The van der Waals surface area contributed by atoms with E-state index in [1.807, 2.05) is 0 Å². The molecule has 0 fully saturated rings. The number of H-pyrrole nitrogens is 1. The molecule has 2 aromatic carbocycles. The minimum absolute atomic E-state index is 0.0824. The van der Waals surface area contributed by atoms with Crippen LogP contribution in [0.3, 0.4) is 0 Å². The van der Waals surface area contributed by atoms with Crippen molar-refractivity contribution in [3.05, 3.63) is 69.7 Å². The summed E-state index contributed by atoms with van der Waals surface area (Å²) in [5.74, 6) is 0.657. The molecule has 1 amide bonds. The van der Waals surface area contributed by atoms with Crippen LogP contribution in [0, 0.1) is 5.82 Å². The molecule has 0 aliphatic heterocycles. The summed E-state index contributed by atoms with van der Waals surface area (Å²) in [5, 5.41) is 8.17. The van der Waals surface area contributed by atoms with Gasteiger partial charge in [0.1, 0.15) is 18.2 Å². The lowest BCUT2D eigenvalue weighted by Gasteiger charge is -2.18. The second-order valence-corrected chi connectivity index (χ2v) is 7.83. The molecule has 6 nitrogen and oxygen atoms in total. The molecule has 0 unspecified atom stereocenters. The van der Waals surface area contributed by atoms with E-state index in [0.29, 0.717) is 21.8 Å². The lowest BCUT2D eigenvalue weighted by Crippen LogP contribution is -2.28. The van der Waals surface area contributed by atoms with Crippen LogP contribution in [0.4, 0.5) is 4.39 Å². The highest BCUT2D eigenvalue weighted by Gasteiger charge is 2.15. The Balaban J connectivity index is 1.48. The van der Waals surface area contributed by atoms with Crippen molar-refractivity contribution < 1.29 is 13.9 Å². The van der Waals surface area contributed by atoms with Gasteiger partial charge in [0.15, 0.2) is 5.82 Å². The summed E-state index contributed by atoms with van der Waals surface area (Å²) in [5.41, 5.74) is 0.287. The molecule has 152 valence electrons. The quantitative estimate of drug-likeness (QED) is 0.504. The van der Waals surface area contributed by atoms with Gasteiger partial charge in [0.25, 0.3) is 0 Å². The van der Waals surface area contributed by atoms with Crippen LogP contribution in [0.5, 0.6) is 5.75 Å². The van der Waals surface area contributed by atoms with Crippen LogP contribution in [0.2, 0.25) is 10.0 Å².